The van der Waals surface area contributed by atoms with E-state index < -0.39 is 5.91 Å². The number of nitrogens with one attached hydrogen (secondary N) is 1. The summed E-state index contributed by atoms with van der Waals surface area (Å²) in [4.78, 5) is 54.4. The van der Waals surface area contributed by atoms with E-state index in [2.05, 4.69) is 10.5 Å². The van der Waals surface area contributed by atoms with Crippen molar-refractivity contribution in [1.82, 2.24) is 15.3 Å². The van der Waals surface area contributed by atoms with Gasteiger partial charge in [0.15, 0.2) is 0 Å². The Bertz CT molecular complexity index is 1570. The quantitative estimate of drug-likeness (QED) is 0.149. The number of nitrogens with zero attached hydrogens (tertiary/aromatic N) is 3. The predicted octanol–water partition coefficient (Wildman–Crippen LogP) is 3.46. The number of primary amides is 1. The van der Waals surface area contributed by atoms with Crippen molar-refractivity contribution in [3.05, 3.63) is 58.1 Å². The highest BCUT2D eigenvalue weighted by molar-refractivity contribution is 7.21. The zero-order chi connectivity index (χ0) is 28.4. The Morgan fingerprint density at radius 1 is 1.07 bits per heavy atom. The number of hydrogen-bond acceptors (Lipinski definition) is 8. The minimum atomic E-state index is -0.552. The molecule has 4 amide bonds. The Hall–Kier alpha value is -4.38. The molecule has 1 aliphatic heterocycles. The first-order chi connectivity index (χ1) is 19.2. The van der Waals surface area contributed by atoms with Crippen LogP contribution in [0.15, 0.2) is 41.5 Å². The molecule has 0 saturated heterocycles. The van der Waals surface area contributed by atoms with Crippen molar-refractivity contribution in [1.29, 1.82) is 0 Å². The normalized spacial score (nSPS) is 14.8. The number of nitrogen functional groups attached to an aromatic ring is 1. The van der Waals surface area contributed by atoms with Gasteiger partial charge in [-0.25, -0.2) is 10.4 Å². The third-order valence-corrected chi connectivity index (χ3v) is 8.37. The first kappa shape index (κ1) is 27.2. The van der Waals surface area contributed by atoms with Crippen LogP contribution in [-0.4, -0.2) is 45.8 Å². The lowest BCUT2D eigenvalue weighted by Crippen LogP contribution is -2.30. The van der Waals surface area contributed by atoms with Crippen LogP contribution in [0.3, 0.4) is 0 Å². The van der Waals surface area contributed by atoms with Gasteiger partial charge in [-0.15, -0.1) is 11.3 Å². The molecule has 2 aromatic heterocycles. The third-order valence-electron chi connectivity index (χ3n) is 7.25. The topological polar surface area (TPSA) is 161 Å². The van der Waals surface area contributed by atoms with Crippen LogP contribution in [0.25, 0.3) is 21.3 Å². The van der Waals surface area contributed by atoms with Gasteiger partial charge in [0.25, 0.3) is 17.7 Å². The molecule has 5 rings (SSSR count). The van der Waals surface area contributed by atoms with Gasteiger partial charge in [-0.3, -0.25) is 24.1 Å². The summed E-state index contributed by atoms with van der Waals surface area (Å²) in [5, 5.41) is 5.03. The fourth-order valence-corrected chi connectivity index (χ4v) is 6.15. The minimum Gasteiger partial charge on any atom is -0.397 e. The lowest BCUT2D eigenvalue weighted by Gasteiger charge is -2.13. The molecule has 1 aromatic carbocycles. The van der Waals surface area contributed by atoms with Crippen molar-refractivity contribution >= 4 is 56.6 Å². The number of thiophene rings is 1. The molecule has 0 radical (unpaired) electrons. The molecular formula is C29H30N6O4S. The van der Waals surface area contributed by atoms with Crippen molar-refractivity contribution in [3.8, 4) is 11.1 Å². The molecule has 2 aliphatic rings. The van der Waals surface area contributed by atoms with Gasteiger partial charge < -0.3 is 11.5 Å². The smallest absolute Gasteiger partial charge is 0.260 e. The van der Waals surface area contributed by atoms with E-state index in [9.17, 15) is 19.2 Å². The van der Waals surface area contributed by atoms with Crippen LogP contribution in [0, 0.1) is 0 Å². The maximum absolute atomic E-state index is 12.3. The number of aryl methyl sites for hydroxylation is 1. The standard InChI is InChI=1S/C29H30N6O4S/c1-16(33-34-21(36)8-3-2-4-15-35-22(37)13-14-23(35)38)17-9-11-18(12-10-17)24-19-6-5-7-20(19)32-29-25(24)26(30)27(40-29)28(31)39/h9-14H,2-8,15,30H2,1H3,(H2,31,39)(H,34,36)/b33-16+. The minimum absolute atomic E-state index is 0.195. The molecule has 0 unspecified atom stereocenters. The number of hydrogen-bond donors (Lipinski definition) is 3. The number of unbranched alkanes of at least 4 members (excludes halogenated alkanes) is 2. The second-order valence-electron chi connectivity index (χ2n) is 9.94. The second-order valence-corrected chi connectivity index (χ2v) is 10.9. The van der Waals surface area contributed by atoms with E-state index in [1.807, 2.05) is 31.2 Å². The molecule has 3 aromatic rings. The van der Waals surface area contributed by atoms with Crippen LogP contribution in [0.4, 0.5) is 5.69 Å². The maximum Gasteiger partial charge on any atom is 0.260 e. The largest absolute Gasteiger partial charge is 0.397 e. The van der Waals surface area contributed by atoms with E-state index in [0.717, 1.165) is 63.8 Å². The van der Waals surface area contributed by atoms with E-state index in [1.165, 1.54) is 28.4 Å². The van der Waals surface area contributed by atoms with Gasteiger partial charge in [-0.05, 0) is 61.3 Å². The average Bonchev–Trinajstić information content (AvgIpc) is 3.63. The van der Waals surface area contributed by atoms with Crippen LogP contribution in [-0.2, 0) is 27.2 Å². The molecule has 0 bridgehead atoms. The van der Waals surface area contributed by atoms with Gasteiger partial charge in [0.2, 0.25) is 5.91 Å². The van der Waals surface area contributed by atoms with E-state index in [4.69, 9.17) is 16.5 Å². The number of carbonyl (C=O) groups excluding carboxylic acids is 4. The Balaban J connectivity index is 1.22. The van der Waals surface area contributed by atoms with Gasteiger partial charge in [0.1, 0.15) is 9.71 Å². The first-order valence-electron chi connectivity index (χ1n) is 13.3. The van der Waals surface area contributed by atoms with Crippen LogP contribution in [0.5, 0.6) is 0 Å². The van der Waals surface area contributed by atoms with Crippen LogP contribution in [0.1, 0.15) is 65.5 Å². The Morgan fingerprint density at radius 2 is 1.80 bits per heavy atom. The monoisotopic (exact) mass is 558 g/mol. The summed E-state index contributed by atoms with van der Waals surface area (Å²) < 4.78 is 0. The molecule has 40 heavy (non-hydrogen) atoms. The molecule has 3 heterocycles. The van der Waals surface area contributed by atoms with Gasteiger partial charge in [0.05, 0.1) is 11.4 Å². The number of anilines is 1. The molecule has 10 nitrogen and oxygen atoms in total. The van der Waals surface area contributed by atoms with Crippen molar-refractivity contribution in [3.63, 3.8) is 0 Å². The molecule has 5 N–H and O–H groups in total. The van der Waals surface area contributed by atoms with E-state index >= 15 is 0 Å². The molecular weight excluding hydrogens is 528 g/mol. The first-order valence-corrected chi connectivity index (χ1v) is 14.1. The van der Waals surface area contributed by atoms with Crippen molar-refractivity contribution in [2.24, 2.45) is 10.8 Å². The second kappa shape index (κ2) is 11.4. The van der Waals surface area contributed by atoms with Gasteiger partial charge >= 0.3 is 0 Å². The van der Waals surface area contributed by atoms with Crippen LogP contribution < -0.4 is 16.9 Å². The number of rotatable bonds is 10. The SMILES string of the molecule is C/C(=N\NC(=O)CCCCCN1C(=O)C=CC1=O)c1ccc(-c2c3c(nc4sc(C(N)=O)c(N)c24)CCC3)cc1. The predicted molar refractivity (Wildman–Crippen MR) is 155 cm³/mol. The number of carbonyl (C=O) groups is 4. The molecule has 0 spiro atoms. The fraction of sp³-hybridized carbons (Fsp3) is 0.310. The Morgan fingerprint density at radius 3 is 2.50 bits per heavy atom. The third kappa shape index (κ3) is 5.37. The summed E-state index contributed by atoms with van der Waals surface area (Å²) in [7, 11) is 0. The molecule has 0 saturated carbocycles. The zero-order valence-electron chi connectivity index (χ0n) is 22.2. The number of fused-ring (bicyclic) bond motifs is 2. The summed E-state index contributed by atoms with van der Waals surface area (Å²) in [5.74, 6) is -1.32. The van der Waals surface area contributed by atoms with Crippen molar-refractivity contribution in [2.45, 2.75) is 51.9 Å². The number of pyridine rings is 1. The number of amides is 4. The van der Waals surface area contributed by atoms with Gasteiger partial charge in [-0.2, -0.15) is 5.10 Å². The van der Waals surface area contributed by atoms with E-state index in [-0.39, 0.29) is 17.7 Å². The number of aromatic nitrogens is 1. The lowest BCUT2D eigenvalue weighted by atomic mass is 9.94. The highest BCUT2D eigenvalue weighted by Gasteiger charge is 2.26. The highest BCUT2D eigenvalue weighted by atomic mass is 32.1. The number of imide groups is 1. The summed E-state index contributed by atoms with van der Waals surface area (Å²) in [6.45, 7) is 2.18. The Kier molecular flexibility index (Phi) is 7.74. The van der Waals surface area contributed by atoms with Gasteiger partial charge in [-0.1, -0.05) is 30.7 Å². The summed E-state index contributed by atoms with van der Waals surface area (Å²) in [6, 6.07) is 7.88. The van der Waals surface area contributed by atoms with Crippen molar-refractivity contribution < 1.29 is 19.2 Å². The number of nitrogens with two attached hydrogens (primary N) is 2. The lowest BCUT2D eigenvalue weighted by molar-refractivity contribution is -0.137. The summed E-state index contributed by atoms with van der Waals surface area (Å²) >= 11 is 1.24. The summed E-state index contributed by atoms with van der Waals surface area (Å²) in [6.07, 6.45) is 7.65. The number of hydrazone groups is 1. The van der Waals surface area contributed by atoms with Crippen molar-refractivity contribution in [2.75, 3.05) is 12.3 Å². The Labute approximate surface area is 235 Å². The molecule has 0 fully saturated rings. The average molecular weight is 559 g/mol. The summed E-state index contributed by atoms with van der Waals surface area (Å²) in [5.41, 5.74) is 20.6. The maximum atomic E-state index is 12.3. The molecule has 0 atom stereocenters. The van der Waals surface area contributed by atoms with Crippen LogP contribution >= 0.6 is 11.3 Å². The zero-order valence-corrected chi connectivity index (χ0v) is 23.0. The van der Waals surface area contributed by atoms with Gasteiger partial charge in [0, 0.05) is 36.2 Å². The molecule has 1 aliphatic carbocycles. The highest BCUT2D eigenvalue weighted by Crippen LogP contribution is 2.44. The van der Waals surface area contributed by atoms with Crippen LogP contribution in [0.2, 0.25) is 0 Å². The molecule has 206 valence electrons. The number of benzene rings is 1. The van der Waals surface area contributed by atoms with E-state index in [0.29, 0.717) is 42.1 Å². The fourth-order valence-electron chi connectivity index (χ4n) is 5.18. The van der Waals surface area contributed by atoms with E-state index in [1.54, 1.807) is 0 Å². The molecule has 11 heteroatoms.